The quantitative estimate of drug-likeness (QED) is 0.718. The van der Waals surface area contributed by atoms with Gasteiger partial charge in [-0.15, -0.1) is 0 Å². The number of nitrogen functional groups attached to an aromatic ring is 1. The number of nitrogens with one attached hydrogen (secondary N) is 2. The van der Waals surface area contributed by atoms with Crippen molar-refractivity contribution in [3.63, 3.8) is 0 Å². The predicted molar refractivity (Wildman–Crippen MR) is 87.4 cm³/mol. The second kappa shape index (κ2) is 7.43. The summed E-state index contributed by atoms with van der Waals surface area (Å²) in [5, 5.41) is 6.31. The van der Waals surface area contributed by atoms with Gasteiger partial charge in [0.2, 0.25) is 5.91 Å². The first-order valence-electron chi connectivity index (χ1n) is 7.79. The monoisotopic (exact) mass is 290 g/mol. The number of hydrogen-bond acceptors (Lipinski definition) is 4. The fourth-order valence-corrected chi connectivity index (χ4v) is 2.82. The van der Waals surface area contributed by atoms with Crippen LogP contribution in [0.5, 0.6) is 0 Å². The molecule has 1 aromatic rings. The molecule has 0 radical (unpaired) electrons. The highest BCUT2D eigenvalue weighted by molar-refractivity contribution is 5.95. The molecule has 5 heteroatoms. The molecule has 1 unspecified atom stereocenters. The first-order valence-corrected chi connectivity index (χ1v) is 7.79. The van der Waals surface area contributed by atoms with Crippen LogP contribution in [0, 0.1) is 0 Å². The summed E-state index contributed by atoms with van der Waals surface area (Å²) in [5.74, 6) is 0.0584. The fraction of sp³-hybridized carbons (Fsp3) is 0.562. The van der Waals surface area contributed by atoms with E-state index in [4.69, 9.17) is 5.73 Å². The number of piperazine rings is 1. The molecule has 0 bridgehead atoms. The van der Waals surface area contributed by atoms with Gasteiger partial charge in [0.05, 0.1) is 6.04 Å². The van der Waals surface area contributed by atoms with Gasteiger partial charge < -0.3 is 16.4 Å². The van der Waals surface area contributed by atoms with Crippen molar-refractivity contribution < 1.29 is 4.79 Å². The van der Waals surface area contributed by atoms with Crippen LogP contribution < -0.4 is 16.4 Å². The lowest BCUT2D eigenvalue weighted by Crippen LogP contribution is -2.52. The highest BCUT2D eigenvalue weighted by atomic mass is 16.2. The van der Waals surface area contributed by atoms with E-state index in [-0.39, 0.29) is 11.9 Å². The van der Waals surface area contributed by atoms with Gasteiger partial charge in [0, 0.05) is 37.6 Å². The van der Waals surface area contributed by atoms with Crippen molar-refractivity contribution in [2.75, 3.05) is 37.2 Å². The summed E-state index contributed by atoms with van der Waals surface area (Å²) in [6, 6.07) is 5.69. The van der Waals surface area contributed by atoms with E-state index in [1.165, 1.54) is 0 Å². The van der Waals surface area contributed by atoms with E-state index in [0.29, 0.717) is 0 Å². The molecular weight excluding hydrogens is 264 g/mol. The number of carbonyl (C=O) groups is 1. The number of amides is 1. The molecule has 1 aliphatic heterocycles. The maximum atomic E-state index is 12.5. The Hall–Kier alpha value is -1.59. The molecule has 1 aliphatic rings. The van der Waals surface area contributed by atoms with Crippen LogP contribution >= 0.6 is 0 Å². The SMILES string of the molecule is CCc1ccc(NC(=O)C(CC)N2CCNCC2)cc1N. The standard InChI is InChI=1S/C16H26N4O/c1-3-12-5-6-13(11-14(12)17)19-16(21)15(4-2)20-9-7-18-8-10-20/h5-6,11,15,18H,3-4,7-10,17H2,1-2H3,(H,19,21). The van der Waals surface area contributed by atoms with Crippen LogP contribution in [0.4, 0.5) is 11.4 Å². The first-order chi connectivity index (χ1) is 10.2. The summed E-state index contributed by atoms with van der Waals surface area (Å²) in [6.07, 6.45) is 1.72. The van der Waals surface area contributed by atoms with E-state index in [1.54, 1.807) is 0 Å². The Morgan fingerprint density at radius 1 is 1.38 bits per heavy atom. The zero-order chi connectivity index (χ0) is 15.2. The molecule has 1 heterocycles. The maximum Gasteiger partial charge on any atom is 0.241 e. The number of carbonyl (C=O) groups excluding carboxylic acids is 1. The van der Waals surface area contributed by atoms with Gasteiger partial charge >= 0.3 is 0 Å². The number of benzene rings is 1. The molecule has 0 saturated carbocycles. The first kappa shape index (κ1) is 15.8. The van der Waals surface area contributed by atoms with E-state index >= 15 is 0 Å². The summed E-state index contributed by atoms with van der Waals surface area (Å²) in [5.41, 5.74) is 8.62. The lowest BCUT2D eigenvalue weighted by atomic mass is 10.1. The molecule has 0 spiro atoms. The summed E-state index contributed by atoms with van der Waals surface area (Å²) in [6.45, 7) is 7.86. The van der Waals surface area contributed by atoms with Crippen LogP contribution in [0.15, 0.2) is 18.2 Å². The second-order valence-corrected chi connectivity index (χ2v) is 5.47. The number of hydrogen-bond donors (Lipinski definition) is 3. The number of aryl methyl sites for hydroxylation is 1. The van der Waals surface area contributed by atoms with Crippen molar-refractivity contribution in [2.45, 2.75) is 32.7 Å². The number of anilines is 2. The molecule has 21 heavy (non-hydrogen) atoms. The summed E-state index contributed by atoms with van der Waals surface area (Å²) >= 11 is 0. The molecule has 1 atom stereocenters. The molecule has 0 aromatic heterocycles. The zero-order valence-corrected chi connectivity index (χ0v) is 13.0. The van der Waals surface area contributed by atoms with Gasteiger partial charge in [-0.2, -0.15) is 0 Å². The lowest BCUT2D eigenvalue weighted by Gasteiger charge is -2.33. The fourth-order valence-electron chi connectivity index (χ4n) is 2.82. The Balaban J connectivity index is 2.03. The molecule has 4 N–H and O–H groups in total. The Morgan fingerprint density at radius 2 is 2.10 bits per heavy atom. The minimum absolute atomic E-state index is 0.0584. The summed E-state index contributed by atoms with van der Waals surface area (Å²) in [7, 11) is 0. The van der Waals surface area contributed by atoms with Crippen molar-refractivity contribution >= 4 is 17.3 Å². The molecule has 1 aromatic carbocycles. The summed E-state index contributed by atoms with van der Waals surface area (Å²) < 4.78 is 0. The minimum Gasteiger partial charge on any atom is -0.398 e. The van der Waals surface area contributed by atoms with Crippen LogP contribution in [-0.4, -0.2) is 43.0 Å². The van der Waals surface area contributed by atoms with Gasteiger partial charge in [-0.1, -0.05) is 19.9 Å². The van der Waals surface area contributed by atoms with E-state index < -0.39 is 0 Å². The van der Waals surface area contributed by atoms with Gasteiger partial charge in [-0.3, -0.25) is 9.69 Å². The average Bonchev–Trinajstić information content (AvgIpc) is 2.49. The van der Waals surface area contributed by atoms with Gasteiger partial charge in [0.25, 0.3) is 0 Å². The molecule has 116 valence electrons. The van der Waals surface area contributed by atoms with Crippen LogP contribution in [0.25, 0.3) is 0 Å². The van der Waals surface area contributed by atoms with Crippen molar-refractivity contribution in [1.29, 1.82) is 0 Å². The number of nitrogens with two attached hydrogens (primary N) is 1. The topological polar surface area (TPSA) is 70.4 Å². The zero-order valence-electron chi connectivity index (χ0n) is 13.0. The number of nitrogens with zero attached hydrogens (tertiary/aromatic N) is 1. The van der Waals surface area contributed by atoms with Crippen molar-refractivity contribution in [3.8, 4) is 0 Å². The molecule has 1 amide bonds. The normalized spacial score (nSPS) is 17.4. The maximum absolute atomic E-state index is 12.5. The van der Waals surface area contributed by atoms with Crippen LogP contribution in [-0.2, 0) is 11.2 Å². The van der Waals surface area contributed by atoms with Gasteiger partial charge in [-0.05, 0) is 30.5 Å². The Bertz CT molecular complexity index is 483. The largest absolute Gasteiger partial charge is 0.398 e. The molecule has 2 rings (SSSR count). The van der Waals surface area contributed by atoms with Gasteiger partial charge in [0.1, 0.15) is 0 Å². The third-order valence-corrected chi connectivity index (χ3v) is 4.08. The molecule has 0 aliphatic carbocycles. The smallest absolute Gasteiger partial charge is 0.241 e. The molecular formula is C16H26N4O. The minimum atomic E-state index is -0.0702. The average molecular weight is 290 g/mol. The van der Waals surface area contributed by atoms with Crippen molar-refractivity contribution in [1.82, 2.24) is 10.2 Å². The Labute approximate surface area is 126 Å². The molecule has 5 nitrogen and oxygen atoms in total. The van der Waals surface area contributed by atoms with E-state index in [9.17, 15) is 4.79 Å². The molecule has 1 saturated heterocycles. The predicted octanol–water partition coefficient (Wildman–Crippen LogP) is 1.45. The lowest BCUT2D eigenvalue weighted by molar-refractivity contribution is -0.121. The third kappa shape index (κ3) is 3.95. The highest BCUT2D eigenvalue weighted by Gasteiger charge is 2.25. The van der Waals surface area contributed by atoms with Gasteiger partial charge in [-0.25, -0.2) is 0 Å². The van der Waals surface area contributed by atoms with E-state index in [0.717, 1.165) is 56.0 Å². The van der Waals surface area contributed by atoms with Crippen molar-refractivity contribution in [2.24, 2.45) is 0 Å². The Kier molecular flexibility index (Phi) is 5.59. The Morgan fingerprint density at radius 3 is 2.67 bits per heavy atom. The second-order valence-electron chi connectivity index (χ2n) is 5.47. The summed E-state index contributed by atoms with van der Waals surface area (Å²) in [4.78, 5) is 14.7. The van der Waals surface area contributed by atoms with Crippen LogP contribution in [0.1, 0.15) is 25.8 Å². The number of rotatable bonds is 5. The van der Waals surface area contributed by atoms with Crippen LogP contribution in [0.2, 0.25) is 0 Å². The van der Waals surface area contributed by atoms with E-state index in [1.807, 2.05) is 18.2 Å². The van der Waals surface area contributed by atoms with Gasteiger partial charge in [0.15, 0.2) is 0 Å². The van der Waals surface area contributed by atoms with E-state index in [2.05, 4.69) is 29.4 Å². The van der Waals surface area contributed by atoms with Crippen molar-refractivity contribution in [3.05, 3.63) is 23.8 Å². The highest BCUT2D eigenvalue weighted by Crippen LogP contribution is 2.19. The molecule has 1 fully saturated rings. The third-order valence-electron chi connectivity index (χ3n) is 4.08. The van der Waals surface area contributed by atoms with Crippen LogP contribution in [0.3, 0.4) is 0 Å².